The number of nitrogens with zero attached hydrogens (tertiary/aromatic N) is 8. The summed E-state index contributed by atoms with van der Waals surface area (Å²) in [6.45, 7) is 12.2. The van der Waals surface area contributed by atoms with Crippen LogP contribution < -0.4 is 63.1 Å². The number of pyridine rings is 8. The zero-order valence-corrected chi connectivity index (χ0v) is 75.6. The first kappa shape index (κ1) is 95.3. The molecule has 12 heterocycles. The first-order valence-corrected chi connectivity index (χ1v) is 46.6. The quantitative estimate of drug-likeness (QED) is 0.0227. The maximum absolute atomic E-state index is 12.9. The van der Waals surface area contributed by atoms with Crippen molar-refractivity contribution in [3.8, 4) is 45.0 Å². The Morgan fingerprint density at radius 1 is 0.376 bits per heavy atom. The second-order valence-corrected chi connectivity index (χ2v) is 35.1. The number of anilines is 8. The Bertz CT molecular complexity index is 6110. The number of hydrogen-bond acceptors (Lipinski definition) is 20. The molecule has 133 heavy (non-hydrogen) atoms. The SMILES string of the molecule is CC(O)[C@@H](CO)Cc1cccc(-c2c[nH]c(=O)c(NC(=O)c3ccc(N4CCCCC4)cc3)c2)n1.CC[C@@H](CO)Cc1cccc(-c2c[nH]c(=O)c(NC(=O)c3ccc(N4CCCCC4)cc3)c2)n1.O=C(Nc1cc(-c2cccc(CC3(CO)CCCC3)n2)c[nH]c1=O)c1ccc(N2CCCCC2)cc1.O=C(Nc1cc(-c2ccccn2)c[nH]c1=O)c1ccc(N2CCCCC2)cc1. The molecule has 4 amide bonds. The summed E-state index contributed by atoms with van der Waals surface area (Å²) in [6.07, 6.45) is 29.1. The number of benzene rings is 4. The average molecular weight is 1800 g/mol. The van der Waals surface area contributed by atoms with Crippen molar-refractivity contribution >= 4 is 69.1 Å². The number of aliphatic hydroxyl groups excluding tert-OH is 4. The van der Waals surface area contributed by atoms with Crippen LogP contribution in [0.2, 0.25) is 0 Å². The number of aromatic nitrogens is 8. The summed E-state index contributed by atoms with van der Waals surface area (Å²) in [5.74, 6) is -1.48. The second kappa shape index (κ2) is 46.8. The van der Waals surface area contributed by atoms with Gasteiger partial charge in [-0.15, -0.1) is 0 Å². The number of hydrogen-bond donors (Lipinski definition) is 12. The minimum absolute atomic E-state index is 0.0840. The molecule has 5 aliphatic rings. The summed E-state index contributed by atoms with van der Waals surface area (Å²) in [7, 11) is 0. The van der Waals surface area contributed by atoms with E-state index in [0.29, 0.717) is 63.3 Å². The summed E-state index contributed by atoms with van der Waals surface area (Å²) >= 11 is 0. The highest BCUT2D eigenvalue weighted by atomic mass is 16.3. The smallest absolute Gasteiger partial charge is 0.271 e. The Hall–Kier alpha value is -13.8. The normalized spacial score (nSPS) is 15.4. The Morgan fingerprint density at radius 3 is 0.977 bits per heavy atom. The first-order chi connectivity index (χ1) is 64.8. The van der Waals surface area contributed by atoms with E-state index >= 15 is 0 Å². The summed E-state index contributed by atoms with van der Waals surface area (Å²) in [4.78, 5) is 139. The van der Waals surface area contributed by atoms with Crippen molar-refractivity contribution in [1.82, 2.24) is 39.9 Å². The standard InChI is InChI=1S/C29H34N4O3.C27H32N4O4.C27H32N4O3.C22H22N4O2/c34-20-29(13-2-3-14-29)18-23-7-6-8-25(31-23)22-17-26(28(36)30-19-22)32-27(35)21-9-11-24(12-10-21)33-15-4-1-5-16-33;1-18(33)21(17-32)14-22-6-5-7-24(29-22)20-15-25(27(35)28-16-20)30-26(34)19-8-10-23(11-9-19)31-12-3-2-4-13-31;1-2-19(18-32)15-22-7-6-8-24(29-22)21-16-25(27(34)28-17-21)30-26(33)20-9-11-23(12-10-20)31-13-4-3-5-14-31;27-21(16-7-9-18(10-8-16)26-12-4-1-5-13-26)25-20-14-17(15-24-22(20)28)19-6-2-3-11-23-19/h6-12,17,19,34H,1-5,13-16,18,20H2,(H,30,36)(H,32,35);5-11,15-16,18,21,32-33H,2-4,12-14,17H2,1H3,(H,28,35)(H,30,34);6-12,16-17,19,32H,2-5,13-15,18H2,1H3,(H,28,34)(H,30,33);2-3,6-11,14-15H,1,4-5,12-13H2,(H,24,28)(H,25,27)/t;18?,21-;19-;/m.11./s1. The summed E-state index contributed by atoms with van der Waals surface area (Å²) in [5.41, 5.74) is 13.7. The van der Waals surface area contributed by atoms with E-state index in [0.717, 1.165) is 148 Å². The molecule has 3 atom stereocenters. The molecule has 8 aromatic heterocycles. The molecule has 0 spiro atoms. The first-order valence-electron chi connectivity index (χ1n) is 46.6. The molecule has 692 valence electrons. The van der Waals surface area contributed by atoms with Gasteiger partial charge in [0.05, 0.1) is 28.9 Å². The third-order valence-electron chi connectivity index (χ3n) is 25.6. The maximum atomic E-state index is 12.9. The van der Waals surface area contributed by atoms with Crippen LogP contribution in [0, 0.1) is 17.3 Å². The van der Waals surface area contributed by atoms with Crippen LogP contribution in [0.25, 0.3) is 45.0 Å². The van der Waals surface area contributed by atoms with Crippen LogP contribution in [0.4, 0.5) is 45.5 Å². The van der Waals surface area contributed by atoms with Crippen molar-refractivity contribution in [1.29, 1.82) is 0 Å². The highest BCUT2D eigenvalue weighted by Gasteiger charge is 2.34. The molecule has 0 bridgehead atoms. The number of piperidine rings is 4. The van der Waals surface area contributed by atoms with Gasteiger partial charge in [-0.3, -0.25) is 58.3 Å². The zero-order chi connectivity index (χ0) is 93.0. The third kappa shape index (κ3) is 26.1. The van der Waals surface area contributed by atoms with Gasteiger partial charge in [0, 0.05) is 193 Å². The molecule has 4 aromatic carbocycles. The highest BCUT2D eigenvalue weighted by Crippen LogP contribution is 2.41. The largest absolute Gasteiger partial charge is 0.396 e. The van der Waals surface area contributed by atoms with Crippen molar-refractivity contribution in [2.24, 2.45) is 17.3 Å². The zero-order valence-electron chi connectivity index (χ0n) is 75.6. The second-order valence-electron chi connectivity index (χ2n) is 35.1. The van der Waals surface area contributed by atoms with Crippen molar-refractivity contribution in [2.45, 2.75) is 148 Å². The van der Waals surface area contributed by atoms with Gasteiger partial charge in [0.25, 0.3) is 45.9 Å². The predicted molar refractivity (Wildman–Crippen MR) is 525 cm³/mol. The lowest BCUT2D eigenvalue weighted by Crippen LogP contribution is -2.29. The number of aromatic amines is 4. The van der Waals surface area contributed by atoms with Gasteiger partial charge < -0.3 is 81.2 Å². The monoisotopic (exact) mass is 1800 g/mol. The fourth-order valence-electron chi connectivity index (χ4n) is 17.5. The lowest BCUT2D eigenvalue weighted by atomic mass is 9.82. The maximum Gasteiger partial charge on any atom is 0.271 e. The van der Waals surface area contributed by atoms with Gasteiger partial charge in [-0.05, 0) is 297 Å². The van der Waals surface area contributed by atoms with Crippen LogP contribution in [-0.4, -0.2) is 162 Å². The Morgan fingerprint density at radius 2 is 0.684 bits per heavy atom. The number of H-pyrrole nitrogens is 4. The minimum atomic E-state index is -0.658. The lowest BCUT2D eigenvalue weighted by Gasteiger charge is -2.28. The average Bonchev–Trinajstić information content (AvgIpc) is 1.76. The molecule has 28 heteroatoms. The number of rotatable bonds is 27. The van der Waals surface area contributed by atoms with Crippen molar-refractivity contribution in [3.63, 3.8) is 0 Å². The van der Waals surface area contributed by atoms with Crippen molar-refractivity contribution in [3.05, 3.63) is 306 Å². The number of carbonyl (C=O) groups is 4. The fraction of sp³-hybridized carbons (Fsp3) is 0.352. The van der Waals surface area contributed by atoms with Gasteiger partial charge >= 0.3 is 0 Å². The fourth-order valence-corrected chi connectivity index (χ4v) is 17.5. The predicted octanol–water partition coefficient (Wildman–Crippen LogP) is 15.9. The molecule has 1 saturated carbocycles. The van der Waals surface area contributed by atoms with Crippen molar-refractivity contribution in [2.75, 3.05) is 113 Å². The number of carbonyl (C=O) groups excluding carboxylic acids is 4. The molecule has 12 aromatic rings. The van der Waals surface area contributed by atoms with E-state index in [1.165, 1.54) is 77.0 Å². The van der Waals surface area contributed by atoms with E-state index < -0.39 is 11.7 Å². The Kier molecular flexibility index (Phi) is 33.6. The number of amides is 4. The van der Waals surface area contributed by atoms with E-state index in [-0.39, 0.29) is 100 Å². The van der Waals surface area contributed by atoms with Gasteiger partial charge in [0.2, 0.25) is 0 Å². The summed E-state index contributed by atoms with van der Waals surface area (Å²) in [6, 6.07) is 59.2. The van der Waals surface area contributed by atoms with Crippen molar-refractivity contribution < 1.29 is 39.6 Å². The summed E-state index contributed by atoms with van der Waals surface area (Å²) in [5, 5.41) is 49.7. The van der Waals surface area contributed by atoms with Crippen LogP contribution >= 0.6 is 0 Å². The van der Waals surface area contributed by atoms with Crippen LogP contribution in [0.15, 0.2) is 244 Å². The molecule has 5 fully saturated rings. The van der Waals surface area contributed by atoms with Gasteiger partial charge in [0.15, 0.2) is 0 Å². The van der Waals surface area contributed by atoms with Crippen LogP contribution in [-0.2, 0) is 19.3 Å². The van der Waals surface area contributed by atoms with Gasteiger partial charge in [-0.2, -0.15) is 0 Å². The molecular formula is C105H120N16O12. The van der Waals surface area contributed by atoms with E-state index in [4.69, 9.17) is 9.97 Å². The van der Waals surface area contributed by atoms with Crippen LogP contribution in [0.1, 0.15) is 182 Å². The Labute approximate surface area is 773 Å². The highest BCUT2D eigenvalue weighted by molar-refractivity contribution is 6.07. The van der Waals surface area contributed by atoms with Gasteiger partial charge in [0.1, 0.15) is 22.7 Å². The molecule has 4 aliphatic heterocycles. The van der Waals surface area contributed by atoms with E-state index in [1.54, 1.807) is 105 Å². The molecule has 4 saturated heterocycles. The summed E-state index contributed by atoms with van der Waals surface area (Å²) < 4.78 is 0. The number of nitrogens with one attached hydrogen (secondary N) is 8. The van der Waals surface area contributed by atoms with E-state index in [2.05, 4.69) is 70.8 Å². The number of aliphatic hydroxyl groups is 4. The molecule has 1 unspecified atom stereocenters. The van der Waals surface area contributed by atoms with E-state index in [1.807, 2.05) is 134 Å². The minimum Gasteiger partial charge on any atom is -0.396 e. The molecular weight excluding hydrogens is 1680 g/mol. The van der Waals surface area contributed by atoms with E-state index in [9.17, 15) is 58.8 Å². The third-order valence-corrected chi connectivity index (χ3v) is 25.6. The topological polar surface area (TPSA) is 393 Å². The molecule has 0 radical (unpaired) electrons. The molecule has 1 aliphatic carbocycles. The van der Waals surface area contributed by atoms with Crippen LogP contribution in [0.5, 0.6) is 0 Å². The van der Waals surface area contributed by atoms with Gasteiger partial charge in [-0.25, -0.2) is 0 Å². The molecule has 12 N–H and O–H groups in total. The molecule has 28 nitrogen and oxygen atoms in total. The lowest BCUT2D eigenvalue weighted by molar-refractivity contribution is 0.0804. The Balaban J connectivity index is 0.000000143. The molecule has 17 rings (SSSR count). The van der Waals surface area contributed by atoms with Gasteiger partial charge in [-0.1, -0.05) is 50.5 Å². The van der Waals surface area contributed by atoms with Crippen LogP contribution in [0.3, 0.4) is 0 Å².